The standard InChI is InChI=1S/C15H22N2O4/c1-3-20-11-6-5-7-12(21-4-2)14(11)10(15(17)19)8-9-13(16)18/h5-7,10H,3-4,8-9H2,1-2H3,(H2,16,18)(H2,17,19). The molecule has 116 valence electrons. The molecule has 0 heterocycles. The number of benzene rings is 1. The van der Waals surface area contributed by atoms with Crippen molar-refractivity contribution < 1.29 is 19.1 Å². The fraction of sp³-hybridized carbons (Fsp3) is 0.467. The van der Waals surface area contributed by atoms with Gasteiger partial charge in [0.25, 0.3) is 0 Å². The molecule has 1 atom stereocenters. The van der Waals surface area contributed by atoms with E-state index < -0.39 is 17.7 Å². The quantitative estimate of drug-likeness (QED) is 0.716. The first kappa shape index (κ1) is 16.8. The Balaban J connectivity index is 3.24. The molecule has 0 aromatic heterocycles. The molecule has 21 heavy (non-hydrogen) atoms. The first-order valence-electron chi connectivity index (χ1n) is 6.97. The number of amides is 2. The maximum atomic E-state index is 11.8. The lowest BCUT2D eigenvalue weighted by molar-refractivity contribution is -0.120. The van der Waals surface area contributed by atoms with Crippen molar-refractivity contribution in [3.63, 3.8) is 0 Å². The molecule has 1 aromatic rings. The first-order valence-corrected chi connectivity index (χ1v) is 6.97. The Hall–Kier alpha value is -2.24. The second-order valence-corrected chi connectivity index (χ2v) is 4.49. The van der Waals surface area contributed by atoms with Gasteiger partial charge < -0.3 is 20.9 Å². The smallest absolute Gasteiger partial charge is 0.225 e. The van der Waals surface area contributed by atoms with E-state index in [1.54, 1.807) is 18.2 Å². The van der Waals surface area contributed by atoms with Crippen LogP contribution in [0, 0.1) is 0 Å². The average Bonchev–Trinajstić information content (AvgIpc) is 2.41. The molecular formula is C15H22N2O4. The van der Waals surface area contributed by atoms with Crippen molar-refractivity contribution >= 4 is 11.8 Å². The summed E-state index contributed by atoms with van der Waals surface area (Å²) in [7, 11) is 0. The van der Waals surface area contributed by atoms with Gasteiger partial charge >= 0.3 is 0 Å². The molecule has 6 nitrogen and oxygen atoms in total. The number of rotatable bonds is 9. The summed E-state index contributed by atoms with van der Waals surface area (Å²) in [4.78, 5) is 22.8. The largest absolute Gasteiger partial charge is 0.493 e. The van der Waals surface area contributed by atoms with E-state index in [4.69, 9.17) is 20.9 Å². The summed E-state index contributed by atoms with van der Waals surface area (Å²) in [5, 5.41) is 0. The van der Waals surface area contributed by atoms with Gasteiger partial charge in [-0.3, -0.25) is 9.59 Å². The highest BCUT2D eigenvalue weighted by atomic mass is 16.5. The number of hydrogen-bond donors (Lipinski definition) is 2. The van der Waals surface area contributed by atoms with Crippen LogP contribution in [0.25, 0.3) is 0 Å². The minimum atomic E-state index is -0.679. The highest BCUT2D eigenvalue weighted by molar-refractivity contribution is 5.85. The van der Waals surface area contributed by atoms with Gasteiger partial charge in [-0.2, -0.15) is 0 Å². The number of ether oxygens (including phenoxy) is 2. The predicted octanol–water partition coefficient (Wildman–Crippen LogP) is 1.32. The van der Waals surface area contributed by atoms with Gasteiger partial charge in [0.15, 0.2) is 0 Å². The van der Waals surface area contributed by atoms with E-state index in [1.165, 1.54) is 0 Å². The van der Waals surface area contributed by atoms with Crippen LogP contribution in [-0.4, -0.2) is 25.0 Å². The minimum Gasteiger partial charge on any atom is -0.493 e. The minimum absolute atomic E-state index is 0.0691. The second-order valence-electron chi connectivity index (χ2n) is 4.49. The summed E-state index contributed by atoms with van der Waals surface area (Å²) in [6, 6.07) is 5.29. The molecular weight excluding hydrogens is 272 g/mol. The third-order valence-corrected chi connectivity index (χ3v) is 3.00. The Bertz CT molecular complexity index is 478. The van der Waals surface area contributed by atoms with Crippen molar-refractivity contribution in [1.82, 2.24) is 0 Å². The van der Waals surface area contributed by atoms with Gasteiger partial charge in [0, 0.05) is 12.0 Å². The first-order chi connectivity index (χ1) is 10.0. The molecule has 2 amide bonds. The van der Waals surface area contributed by atoms with Crippen molar-refractivity contribution in [3.8, 4) is 11.5 Å². The van der Waals surface area contributed by atoms with Crippen LogP contribution in [0.15, 0.2) is 18.2 Å². The van der Waals surface area contributed by atoms with E-state index in [2.05, 4.69) is 0 Å². The van der Waals surface area contributed by atoms with Crippen molar-refractivity contribution in [2.24, 2.45) is 11.5 Å². The summed E-state index contributed by atoms with van der Waals surface area (Å²) in [6.45, 7) is 4.59. The molecule has 0 aliphatic carbocycles. The van der Waals surface area contributed by atoms with Crippen LogP contribution >= 0.6 is 0 Å². The lowest BCUT2D eigenvalue weighted by Gasteiger charge is -2.20. The summed E-state index contributed by atoms with van der Waals surface area (Å²) in [5.41, 5.74) is 11.2. The average molecular weight is 294 g/mol. The Morgan fingerprint density at radius 3 is 2.00 bits per heavy atom. The molecule has 4 N–H and O–H groups in total. The van der Waals surface area contributed by atoms with Gasteiger partial charge in [-0.15, -0.1) is 0 Å². The molecule has 0 fully saturated rings. The molecule has 6 heteroatoms. The van der Waals surface area contributed by atoms with Crippen LogP contribution in [0.2, 0.25) is 0 Å². The van der Waals surface area contributed by atoms with Crippen LogP contribution in [0.4, 0.5) is 0 Å². The molecule has 0 aliphatic rings. The second kappa shape index (κ2) is 8.14. The molecule has 0 saturated carbocycles. The van der Waals surface area contributed by atoms with Crippen LogP contribution in [0.3, 0.4) is 0 Å². The number of primary amides is 2. The highest BCUT2D eigenvalue weighted by Gasteiger charge is 2.26. The van der Waals surface area contributed by atoms with Crippen molar-refractivity contribution in [1.29, 1.82) is 0 Å². The predicted molar refractivity (Wildman–Crippen MR) is 79.1 cm³/mol. The zero-order valence-electron chi connectivity index (χ0n) is 12.4. The SMILES string of the molecule is CCOc1cccc(OCC)c1C(CCC(N)=O)C(N)=O. The summed E-state index contributed by atoms with van der Waals surface area (Å²) < 4.78 is 11.1. The zero-order chi connectivity index (χ0) is 15.8. The molecule has 0 radical (unpaired) electrons. The maximum absolute atomic E-state index is 11.8. The van der Waals surface area contributed by atoms with E-state index in [0.29, 0.717) is 30.3 Å². The molecule has 1 unspecified atom stereocenters. The van der Waals surface area contributed by atoms with Gasteiger partial charge in [-0.05, 0) is 32.4 Å². The van der Waals surface area contributed by atoms with Crippen LogP contribution < -0.4 is 20.9 Å². The Labute approximate surface area is 124 Å². The normalized spacial score (nSPS) is 11.7. The zero-order valence-corrected chi connectivity index (χ0v) is 12.4. The molecule has 0 bridgehead atoms. The third-order valence-electron chi connectivity index (χ3n) is 3.00. The van der Waals surface area contributed by atoms with E-state index >= 15 is 0 Å². The number of carbonyl (C=O) groups excluding carboxylic acids is 2. The van der Waals surface area contributed by atoms with Crippen LogP contribution in [0.1, 0.15) is 38.2 Å². The summed E-state index contributed by atoms with van der Waals surface area (Å²) in [6.07, 6.45) is 0.300. The third kappa shape index (κ3) is 4.66. The maximum Gasteiger partial charge on any atom is 0.225 e. The topological polar surface area (TPSA) is 105 Å². The van der Waals surface area contributed by atoms with E-state index in [9.17, 15) is 9.59 Å². The summed E-state index contributed by atoms with van der Waals surface area (Å²) in [5.74, 6) is -0.618. The number of hydrogen-bond acceptors (Lipinski definition) is 4. The molecule has 0 aliphatic heterocycles. The fourth-order valence-corrected chi connectivity index (χ4v) is 2.15. The number of carbonyl (C=O) groups is 2. The Morgan fingerprint density at radius 2 is 1.62 bits per heavy atom. The van der Waals surface area contributed by atoms with Gasteiger partial charge in [-0.25, -0.2) is 0 Å². The molecule has 1 aromatic carbocycles. The van der Waals surface area contributed by atoms with E-state index in [0.717, 1.165) is 0 Å². The lowest BCUT2D eigenvalue weighted by Crippen LogP contribution is -2.24. The Morgan fingerprint density at radius 1 is 1.10 bits per heavy atom. The van der Waals surface area contributed by atoms with Gasteiger partial charge in [0.2, 0.25) is 11.8 Å². The van der Waals surface area contributed by atoms with Gasteiger partial charge in [0.1, 0.15) is 11.5 Å². The number of nitrogens with two attached hydrogens (primary N) is 2. The molecule has 0 spiro atoms. The van der Waals surface area contributed by atoms with Crippen molar-refractivity contribution in [2.45, 2.75) is 32.6 Å². The van der Waals surface area contributed by atoms with Crippen LogP contribution in [0.5, 0.6) is 11.5 Å². The molecule has 0 saturated heterocycles. The van der Waals surface area contributed by atoms with Crippen LogP contribution in [-0.2, 0) is 9.59 Å². The highest BCUT2D eigenvalue weighted by Crippen LogP contribution is 2.37. The molecule has 1 rings (SSSR count). The van der Waals surface area contributed by atoms with Gasteiger partial charge in [0.05, 0.1) is 19.1 Å². The van der Waals surface area contributed by atoms with E-state index in [-0.39, 0.29) is 12.8 Å². The summed E-state index contributed by atoms with van der Waals surface area (Å²) >= 11 is 0. The lowest BCUT2D eigenvalue weighted by atomic mass is 9.91. The fourth-order valence-electron chi connectivity index (χ4n) is 2.15. The van der Waals surface area contributed by atoms with Crippen molar-refractivity contribution in [2.75, 3.05) is 13.2 Å². The van der Waals surface area contributed by atoms with E-state index in [1.807, 2.05) is 13.8 Å². The monoisotopic (exact) mass is 294 g/mol. The van der Waals surface area contributed by atoms with Gasteiger partial charge in [-0.1, -0.05) is 6.07 Å². The van der Waals surface area contributed by atoms with Crippen molar-refractivity contribution in [3.05, 3.63) is 23.8 Å². The Kier molecular flexibility index (Phi) is 6.52.